The van der Waals surface area contributed by atoms with Gasteiger partial charge in [0.25, 0.3) is 0 Å². The second kappa shape index (κ2) is 6.30. The van der Waals surface area contributed by atoms with Crippen LogP contribution < -0.4 is 9.39 Å². The van der Waals surface area contributed by atoms with Gasteiger partial charge < -0.3 is 14.4 Å². The van der Waals surface area contributed by atoms with Gasteiger partial charge in [-0.25, -0.2) is 4.39 Å². The van der Waals surface area contributed by atoms with Crippen LogP contribution in [0.2, 0.25) is 0 Å². The van der Waals surface area contributed by atoms with Gasteiger partial charge in [-0.3, -0.25) is 0 Å². The number of methoxy groups -OCH3 is 1. The third-order valence-corrected chi connectivity index (χ3v) is 3.91. The highest BCUT2D eigenvalue weighted by atomic mass is 19.1. The van der Waals surface area contributed by atoms with E-state index in [1.165, 1.54) is 6.07 Å². The fraction of sp³-hybridized carbons (Fsp3) is 0.111. The van der Waals surface area contributed by atoms with Gasteiger partial charge in [0.1, 0.15) is 17.3 Å². The number of rotatable bonds is 4. The molecule has 23 heavy (non-hydrogen) atoms. The van der Waals surface area contributed by atoms with Crippen molar-refractivity contribution in [2.45, 2.75) is 6.92 Å². The Morgan fingerprint density at radius 3 is 2.26 bits per heavy atom. The third-order valence-electron chi connectivity index (χ3n) is 3.91. The molecule has 0 radical (unpaired) electrons. The zero-order chi connectivity index (χ0) is 16.4. The van der Waals surface area contributed by atoms with Crippen molar-refractivity contribution in [3.8, 4) is 22.6 Å². The summed E-state index contributed by atoms with van der Waals surface area (Å²) in [5.74, 6) is 0.767. The summed E-state index contributed by atoms with van der Waals surface area (Å²) in [7, 11) is 1.11. The smallest absolute Gasteiger partial charge is 0.504 e. The number of benzene rings is 3. The molecular weight excluding hydrogens is 294 g/mol. The minimum absolute atomic E-state index is 0.314. The van der Waals surface area contributed by atoms with E-state index < -0.39 is 7.69 Å². The van der Waals surface area contributed by atoms with Gasteiger partial charge in [0.2, 0.25) is 0 Å². The van der Waals surface area contributed by atoms with Crippen molar-refractivity contribution in [3.63, 3.8) is 0 Å². The van der Waals surface area contributed by atoms with E-state index in [9.17, 15) is 9.41 Å². The Morgan fingerprint density at radius 2 is 1.61 bits per heavy atom. The molecule has 0 heterocycles. The van der Waals surface area contributed by atoms with Crippen molar-refractivity contribution in [2.24, 2.45) is 0 Å². The number of fused-ring (bicyclic) bond motifs is 1. The molecule has 3 aromatic rings. The fourth-order valence-corrected chi connectivity index (χ4v) is 2.95. The van der Waals surface area contributed by atoms with Crippen LogP contribution in [-0.2, 0) is 0 Å². The van der Waals surface area contributed by atoms with Crippen LogP contribution in [0.15, 0.2) is 48.5 Å². The second-order valence-corrected chi connectivity index (χ2v) is 5.16. The topological polar surface area (TPSA) is 38.7 Å². The highest BCUT2D eigenvalue weighted by Gasteiger charge is 2.21. The summed E-state index contributed by atoms with van der Waals surface area (Å²) in [5.41, 5.74) is 1.88. The maximum atomic E-state index is 14.4. The average molecular weight is 310 g/mol. The number of ether oxygens (including phenoxy) is 1. The van der Waals surface area contributed by atoms with Gasteiger partial charge >= 0.3 is 7.69 Å². The lowest BCUT2D eigenvalue weighted by molar-refractivity contribution is 0.407. The molecule has 0 aliphatic heterocycles. The van der Waals surface area contributed by atoms with Gasteiger partial charge in [0, 0.05) is 22.1 Å². The molecule has 0 aromatic heterocycles. The second-order valence-electron chi connectivity index (χ2n) is 5.16. The van der Waals surface area contributed by atoms with E-state index in [-0.39, 0.29) is 5.82 Å². The van der Waals surface area contributed by atoms with Gasteiger partial charge in [0.15, 0.2) is 0 Å². The van der Waals surface area contributed by atoms with Crippen LogP contribution >= 0.6 is 0 Å². The van der Waals surface area contributed by atoms with Crippen LogP contribution in [0.25, 0.3) is 21.9 Å². The van der Waals surface area contributed by atoms with Crippen molar-refractivity contribution >= 4 is 18.5 Å². The van der Waals surface area contributed by atoms with Crippen LogP contribution in [0.1, 0.15) is 5.56 Å². The van der Waals surface area contributed by atoms with Gasteiger partial charge in [-0.15, -0.1) is 0 Å². The Hall–Kier alpha value is -2.53. The fourth-order valence-electron chi connectivity index (χ4n) is 2.95. The summed E-state index contributed by atoms with van der Waals surface area (Å²) in [6.07, 6.45) is 0. The normalized spacial score (nSPS) is 10.6. The molecule has 5 heteroatoms. The largest absolute Gasteiger partial charge is 0.538 e. The maximum absolute atomic E-state index is 14.4. The van der Waals surface area contributed by atoms with E-state index in [1.54, 1.807) is 25.3 Å². The Morgan fingerprint density at radius 1 is 0.957 bits per heavy atom. The molecular formula is C18H16BFO3. The minimum atomic E-state index is -0.437. The lowest BCUT2D eigenvalue weighted by Gasteiger charge is -2.20. The lowest BCUT2D eigenvalue weighted by Crippen LogP contribution is -2.04. The molecule has 0 unspecified atom stereocenters. The first-order chi connectivity index (χ1) is 11.2. The Kier molecular flexibility index (Phi) is 4.21. The molecule has 0 amide bonds. The van der Waals surface area contributed by atoms with Crippen molar-refractivity contribution in [2.75, 3.05) is 7.11 Å². The number of hydrogen-bond acceptors (Lipinski definition) is 3. The first kappa shape index (κ1) is 15.4. The van der Waals surface area contributed by atoms with Crippen LogP contribution in [0.4, 0.5) is 4.39 Å². The summed E-state index contributed by atoms with van der Waals surface area (Å²) in [6.45, 7) is 1.83. The Balaban J connectivity index is 2.47. The summed E-state index contributed by atoms with van der Waals surface area (Å²) < 4.78 is 25.3. The molecule has 1 N–H and O–H groups in total. The van der Waals surface area contributed by atoms with Crippen LogP contribution in [0.3, 0.4) is 0 Å². The van der Waals surface area contributed by atoms with Gasteiger partial charge in [-0.2, -0.15) is 0 Å². The summed E-state index contributed by atoms with van der Waals surface area (Å²) in [6, 6.07) is 14.1. The zero-order valence-electron chi connectivity index (χ0n) is 13.0. The van der Waals surface area contributed by atoms with Gasteiger partial charge in [-0.05, 0) is 18.4 Å². The first-order valence-corrected chi connectivity index (χ1v) is 7.27. The zero-order valence-corrected chi connectivity index (χ0v) is 13.0. The van der Waals surface area contributed by atoms with E-state index in [1.807, 2.05) is 31.2 Å². The molecule has 0 saturated carbocycles. The molecule has 0 spiro atoms. The minimum Gasteiger partial charge on any atom is -0.538 e. The predicted octanol–water partition coefficient (Wildman–Crippen LogP) is 3.60. The molecule has 0 saturated heterocycles. The van der Waals surface area contributed by atoms with E-state index >= 15 is 0 Å². The molecule has 0 atom stereocenters. The van der Waals surface area contributed by atoms with Gasteiger partial charge in [0.05, 0.1) is 7.11 Å². The summed E-state index contributed by atoms with van der Waals surface area (Å²) in [5, 5.41) is 10.8. The predicted molar refractivity (Wildman–Crippen MR) is 90.6 cm³/mol. The monoisotopic (exact) mass is 310 g/mol. The molecule has 0 fully saturated rings. The Labute approximate surface area is 134 Å². The number of halogens is 1. The van der Waals surface area contributed by atoms with Crippen molar-refractivity contribution in [1.29, 1.82) is 0 Å². The molecule has 3 rings (SSSR count). The quantitative estimate of drug-likeness (QED) is 0.748. The van der Waals surface area contributed by atoms with E-state index in [0.717, 1.165) is 16.3 Å². The van der Waals surface area contributed by atoms with Crippen molar-refractivity contribution in [1.82, 2.24) is 0 Å². The SMILES string of the molecule is COc1c(C)c(OBO)c2ccccc2c1-c1ccccc1F. The highest BCUT2D eigenvalue weighted by Crippen LogP contribution is 2.46. The summed E-state index contributed by atoms with van der Waals surface area (Å²) in [4.78, 5) is 0. The Bertz CT molecular complexity index is 864. The first-order valence-electron chi connectivity index (χ1n) is 7.27. The molecule has 0 bridgehead atoms. The summed E-state index contributed by atoms with van der Waals surface area (Å²) >= 11 is 0. The van der Waals surface area contributed by atoms with Gasteiger partial charge in [-0.1, -0.05) is 42.5 Å². The van der Waals surface area contributed by atoms with E-state index in [0.29, 0.717) is 22.6 Å². The molecule has 0 aliphatic rings. The van der Waals surface area contributed by atoms with Crippen molar-refractivity contribution in [3.05, 3.63) is 59.9 Å². The van der Waals surface area contributed by atoms with E-state index in [4.69, 9.17) is 9.39 Å². The standard InChI is InChI=1S/C18H16BFO3/c1-11-17(23-19-21)13-8-4-3-7-12(13)16(18(11)22-2)14-9-5-6-10-15(14)20/h3-10,19,21H,1-2H3. The number of hydrogen-bond donors (Lipinski definition) is 1. The third kappa shape index (κ3) is 2.53. The van der Waals surface area contributed by atoms with Crippen LogP contribution in [-0.4, -0.2) is 19.8 Å². The highest BCUT2D eigenvalue weighted by molar-refractivity contribution is 6.18. The molecule has 116 valence electrons. The van der Waals surface area contributed by atoms with Crippen LogP contribution in [0.5, 0.6) is 11.5 Å². The van der Waals surface area contributed by atoms with Crippen molar-refractivity contribution < 1.29 is 18.8 Å². The average Bonchev–Trinajstić information content (AvgIpc) is 2.57. The van der Waals surface area contributed by atoms with E-state index in [2.05, 4.69) is 0 Å². The molecule has 3 aromatic carbocycles. The lowest BCUT2D eigenvalue weighted by atomic mass is 9.93. The molecule has 3 nitrogen and oxygen atoms in total. The van der Waals surface area contributed by atoms with Crippen LogP contribution in [0, 0.1) is 12.7 Å². The molecule has 0 aliphatic carbocycles. The maximum Gasteiger partial charge on any atom is 0.504 e.